The van der Waals surface area contributed by atoms with E-state index in [9.17, 15) is 4.79 Å². The molecular formula is C34H44N2O8. The van der Waals surface area contributed by atoms with Crippen LogP contribution < -0.4 is 15.8 Å². The molecule has 3 aromatic carbocycles. The van der Waals surface area contributed by atoms with Gasteiger partial charge in [-0.3, -0.25) is 0 Å². The third kappa shape index (κ3) is 11.1. The van der Waals surface area contributed by atoms with Crippen molar-refractivity contribution in [2.24, 2.45) is 0 Å². The predicted octanol–water partition coefficient (Wildman–Crippen LogP) is 4.66. The number of carbonyl (C=O) groups is 1. The van der Waals surface area contributed by atoms with Gasteiger partial charge in [-0.25, -0.2) is 4.79 Å². The molecule has 0 heterocycles. The lowest BCUT2D eigenvalue weighted by Crippen LogP contribution is -2.27. The molecule has 0 fully saturated rings. The Bertz CT molecular complexity index is 1210. The van der Waals surface area contributed by atoms with Crippen LogP contribution in [-0.4, -0.2) is 91.9 Å². The highest BCUT2D eigenvalue weighted by Gasteiger charge is 2.28. The van der Waals surface area contributed by atoms with E-state index in [2.05, 4.69) is 29.6 Å². The van der Waals surface area contributed by atoms with E-state index in [1.807, 2.05) is 42.5 Å². The highest BCUT2D eigenvalue weighted by atomic mass is 16.6. The Morgan fingerprint density at radius 3 is 1.66 bits per heavy atom. The number of fused-ring (bicyclic) bond motifs is 3. The SMILES string of the molecule is Nc1ccccc1OCCOCCOCCOCCOCCOCCCNC(=O)OCC1c2ccccc2-c2ccccc21. The number of nitrogen functional groups attached to an aromatic ring is 1. The first-order valence-electron chi connectivity index (χ1n) is 15.2. The molecule has 0 spiro atoms. The second-order valence-electron chi connectivity index (χ2n) is 10.1. The Balaban J connectivity index is 0.880. The van der Waals surface area contributed by atoms with Gasteiger partial charge >= 0.3 is 6.09 Å². The van der Waals surface area contributed by atoms with Gasteiger partial charge in [0.1, 0.15) is 19.0 Å². The summed E-state index contributed by atoms with van der Waals surface area (Å²) >= 11 is 0. The summed E-state index contributed by atoms with van der Waals surface area (Å²) in [5, 5.41) is 2.80. The Morgan fingerprint density at radius 2 is 1.09 bits per heavy atom. The second-order valence-corrected chi connectivity index (χ2v) is 10.1. The van der Waals surface area contributed by atoms with Crippen LogP contribution in [-0.2, 0) is 28.4 Å². The average molecular weight is 609 g/mol. The van der Waals surface area contributed by atoms with Crippen LogP contribution in [0.15, 0.2) is 72.8 Å². The molecule has 4 rings (SSSR count). The van der Waals surface area contributed by atoms with Crippen LogP contribution in [0.2, 0.25) is 0 Å². The quantitative estimate of drug-likeness (QED) is 0.124. The molecule has 10 nitrogen and oxygen atoms in total. The maximum absolute atomic E-state index is 12.2. The van der Waals surface area contributed by atoms with Gasteiger partial charge in [-0.15, -0.1) is 0 Å². The minimum absolute atomic E-state index is 0.0545. The molecule has 1 amide bonds. The Hall–Kier alpha value is -3.67. The van der Waals surface area contributed by atoms with Gasteiger partial charge in [0.25, 0.3) is 0 Å². The van der Waals surface area contributed by atoms with E-state index in [0.29, 0.717) is 104 Å². The fourth-order valence-electron chi connectivity index (χ4n) is 4.82. The number of nitrogens with two attached hydrogens (primary N) is 1. The van der Waals surface area contributed by atoms with Gasteiger partial charge in [-0.1, -0.05) is 60.7 Å². The monoisotopic (exact) mass is 608 g/mol. The van der Waals surface area contributed by atoms with Crippen molar-refractivity contribution in [1.82, 2.24) is 5.32 Å². The van der Waals surface area contributed by atoms with Crippen LogP contribution in [0.4, 0.5) is 10.5 Å². The number of carbonyl (C=O) groups excluding carboxylic acids is 1. The van der Waals surface area contributed by atoms with E-state index >= 15 is 0 Å². The van der Waals surface area contributed by atoms with Crippen molar-refractivity contribution in [2.75, 3.05) is 91.6 Å². The number of anilines is 1. The van der Waals surface area contributed by atoms with E-state index in [1.165, 1.54) is 22.3 Å². The van der Waals surface area contributed by atoms with Crippen molar-refractivity contribution >= 4 is 11.8 Å². The number of rotatable bonds is 22. The minimum Gasteiger partial charge on any atom is -0.489 e. The highest BCUT2D eigenvalue weighted by molar-refractivity contribution is 5.79. The number of alkyl carbamates (subject to hydrolysis) is 1. The molecule has 0 saturated heterocycles. The third-order valence-corrected chi connectivity index (χ3v) is 6.97. The third-order valence-electron chi connectivity index (χ3n) is 6.97. The summed E-state index contributed by atoms with van der Waals surface area (Å²) in [5.74, 6) is 0.720. The molecule has 0 saturated carbocycles. The van der Waals surface area contributed by atoms with Gasteiger partial charge in [0.15, 0.2) is 0 Å². The van der Waals surface area contributed by atoms with E-state index in [1.54, 1.807) is 6.07 Å². The number of nitrogens with one attached hydrogen (secondary N) is 1. The maximum Gasteiger partial charge on any atom is 0.407 e. The average Bonchev–Trinajstić information content (AvgIpc) is 3.37. The molecule has 44 heavy (non-hydrogen) atoms. The Labute approximate surface area is 259 Å². The first-order valence-corrected chi connectivity index (χ1v) is 15.2. The number of para-hydroxylation sites is 2. The van der Waals surface area contributed by atoms with Gasteiger partial charge in [0.2, 0.25) is 0 Å². The van der Waals surface area contributed by atoms with Crippen molar-refractivity contribution in [3.05, 3.63) is 83.9 Å². The number of hydrogen-bond acceptors (Lipinski definition) is 9. The van der Waals surface area contributed by atoms with Crippen LogP contribution in [0.3, 0.4) is 0 Å². The van der Waals surface area contributed by atoms with Gasteiger partial charge in [0.05, 0.1) is 65.1 Å². The minimum atomic E-state index is -0.412. The maximum atomic E-state index is 12.2. The molecule has 238 valence electrons. The molecule has 0 atom stereocenters. The summed E-state index contributed by atoms with van der Waals surface area (Å²) in [6, 6.07) is 23.9. The molecular weight excluding hydrogens is 564 g/mol. The summed E-state index contributed by atoms with van der Waals surface area (Å²) in [6.45, 7) is 6.13. The lowest BCUT2D eigenvalue weighted by molar-refractivity contribution is -0.0127. The molecule has 10 heteroatoms. The van der Waals surface area contributed by atoms with Crippen LogP contribution in [0, 0.1) is 0 Å². The van der Waals surface area contributed by atoms with Crippen LogP contribution in [0.5, 0.6) is 5.75 Å². The van der Waals surface area contributed by atoms with Gasteiger partial charge in [0, 0.05) is 19.1 Å². The number of amides is 1. The molecule has 0 unspecified atom stereocenters. The van der Waals surface area contributed by atoms with Gasteiger partial charge in [-0.05, 0) is 40.8 Å². The molecule has 1 aliphatic rings. The van der Waals surface area contributed by atoms with Crippen LogP contribution >= 0.6 is 0 Å². The summed E-state index contributed by atoms with van der Waals surface area (Å²) in [6.07, 6.45) is 0.277. The largest absolute Gasteiger partial charge is 0.489 e. The zero-order valence-electron chi connectivity index (χ0n) is 25.2. The van der Waals surface area contributed by atoms with Gasteiger partial charge < -0.3 is 44.2 Å². The van der Waals surface area contributed by atoms with Crippen molar-refractivity contribution in [1.29, 1.82) is 0 Å². The van der Waals surface area contributed by atoms with Gasteiger partial charge in [-0.2, -0.15) is 0 Å². The van der Waals surface area contributed by atoms with Crippen molar-refractivity contribution < 1.29 is 38.0 Å². The highest BCUT2D eigenvalue weighted by Crippen LogP contribution is 2.44. The van der Waals surface area contributed by atoms with E-state index < -0.39 is 6.09 Å². The zero-order chi connectivity index (χ0) is 30.7. The lowest BCUT2D eigenvalue weighted by atomic mass is 9.98. The fraction of sp³-hybridized carbons (Fsp3) is 0.441. The van der Waals surface area contributed by atoms with E-state index in [4.69, 9.17) is 38.9 Å². The smallest absolute Gasteiger partial charge is 0.407 e. The normalized spacial score (nSPS) is 12.1. The van der Waals surface area contributed by atoms with Crippen LogP contribution in [0.1, 0.15) is 23.5 Å². The predicted molar refractivity (Wildman–Crippen MR) is 168 cm³/mol. The number of benzene rings is 3. The van der Waals surface area contributed by atoms with Crippen molar-refractivity contribution in [3.8, 4) is 16.9 Å². The fourth-order valence-corrected chi connectivity index (χ4v) is 4.82. The standard InChI is InChI=1S/C34H44N2O8/c35-32-12-5-6-13-33(32)43-25-24-42-23-22-41-21-20-40-19-18-39-17-16-38-15-7-14-36-34(37)44-26-31-29-10-3-1-8-27(29)28-9-2-4-11-30(28)31/h1-6,8-13,31H,7,14-26,35H2,(H,36,37). The Morgan fingerprint density at radius 1 is 0.614 bits per heavy atom. The zero-order valence-corrected chi connectivity index (χ0v) is 25.2. The summed E-state index contributed by atoms with van der Waals surface area (Å²) in [5.41, 5.74) is 11.3. The number of hydrogen-bond donors (Lipinski definition) is 2. The lowest BCUT2D eigenvalue weighted by Gasteiger charge is -2.14. The first-order chi connectivity index (χ1) is 21.7. The van der Waals surface area contributed by atoms with Crippen molar-refractivity contribution in [3.63, 3.8) is 0 Å². The number of ether oxygens (including phenoxy) is 7. The Kier molecular flexibility index (Phi) is 14.8. The molecule has 0 bridgehead atoms. The first kappa shape index (κ1) is 33.2. The molecule has 1 aliphatic carbocycles. The van der Waals surface area contributed by atoms with Crippen LogP contribution in [0.25, 0.3) is 11.1 Å². The molecule has 0 aromatic heterocycles. The van der Waals surface area contributed by atoms with E-state index in [0.717, 1.165) is 0 Å². The summed E-state index contributed by atoms with van der Waals surface area (Å²) in [7, 11) is 0. The van der Waals surface area contributed by atoms with E-state index in [-0.39, 0.29) is 5.92 Å². The molecule has 0 radical (unpaired) electrons. The summed E-state index contributed by atoms with van der Waals surface area (Å²) < 4.78 is 38.6. The van der Waals surface area contributed by atoms with Crippen molar-refractivity contribution in [2.45, 2.75) is 12.3 Å². The molecule has 3 N–H and O–H groups in total. The topological polar surface area (TPSA) is 120 Å². The molecule has 3 aromatic rings. The molecule has 0 aliphatic heterocycles. The summed E-state index contributed by atoms with van der Waals surface area (Å²) in [4.78, 5) is 12.2. The second kappa shape index (κ2) is 19.6.